The molecule has 2 aliphatic carbocycles. The van der Waals surface area contributed by atoms with Crippen molar-refractivity contribution in [1.82, 2.24) is 4.98 Å². The number of hydrogen-bond donors (Lipinski definition) is 0. The van der Waals surface area contributed by atoms with E-state index in [0.29, 0.717) is 11.5 Å². The van der Waals surface area contributed by atoms with Crippen LogP contribution in [0.15, 0.2) is 18.3 Å². The SMILES string of the molecule is CCCCCCCC1CCC(C2CCC(c3ccc(C#N)cn3)CC2)CC1. The van der Waals surface area contributed by atoms with Gasteiger partial charge in [-0.1, -0.05) is 58.3 Å². The van der Waals surface area contributed by atoms with Gasteiger partial charge in [0.15, 0.2) is 0 Å². The van der Waals surface area contributed by atoms with Gasteiger partial charge in [-0.05, 0) is 68.4 Å². The van der Waals surface area contributed by atoms with E-state index in [2.05, 4.69) is 24.0 Å². The average Bonchev–Trinajstić information content (AvgIpc) is 2.74. The van der Waals surface area contributed by atoms with Crippen LogP contribution in [0, 0.1) is 29.1 Å². The minimum Gasteiger partial charge on any atom is -0.260 e. The molecule has 1 aromatic rings. The Morgan fingerprint density at radius 1 is 0.889 bits per heavy atom. The van der Waals surface area contributed by atoms with Crippen molar-refractivity contribution in [3.05, 3.63) is 29.6 Å². The number of rotatable bonds is 8. The van der Waals surface area contributed by atoms with Gasteiger partial charge in [-0.25, -0.2) is 0 Å². The number of unbranched alkanes of at least 4 members (excludes halogenated alkanes) is 4. The summed E-state index contributed by atoms with van der Waals surface area (Å²) in [5.74, 6) is 3.61. The average molecular weight is 367 g/mol. The van der Waals surface area contributed by atoms with Crippen LogP contribution in [0.25, 0.3) is 0 Å². The third-order valence-electron chi connectivity index (χ3n) is 7.38. The lowest BCUT2D eigenvalue weighted by Crippen LogP contribution is -2.25. The summed E-state index contributed by atoms with van der Waals surface area (Å²) in [6.45, 7) is 2.30. The summed E-state index contributed by atoms with van der Waals surface area (Å²) in [6, 6.07) is 6.18. The van der Waals surface area contributed by atoms with Gasteiger partial charge in [-0.3, -0.25) is 4.98 Å². The van der Waals surface area contributed by atoms with E-state index in [0.717, 1.165) is 17.8 Å². The Hall–Kier alpha value is -1.36. The van der Waals surface area contributed by atoms with Gasteiger partial charge in [0.25, 0.3) is 0 Å². The van der Waals surface area contributed by atoms with Crippen molar-refractivity contribution in [1.29, 1.82) is 5.26 Å². The number of nitrogens with zero attached hydrogens (tertiary/aromatic N) is 2. The van der Waals surface area contributed by atoms with E-state index < -0.39 is 0 Å². The van der Waals surface area contributed by atoms with Crippen LogP contribution >= 0.6 is 0 Å². The fourth-order valence-corrected chi connectivity index (χ4v) is 5.58. The fraction of sp³-hybridized carbons (Fsp3) is 0.760. The van der Waals surface area contributed by atoms with Gasteiger partial charge in [0.1, 0.15) is 6.07 Å². The molecule has 2 saturated carbocycles. The van der Waals surface area contributed by atoms with Crippen molar-refractivity contribution in [2.24, 2.45) is 17.8 Å². The largest absolute Gasteiger partial charge is 0.260 e. The zero-order chi connectivity index (χ0) is 18.9. The normalized spacial score (nSPS) is 28.6. The molecule has 0 aliphatic heterocycles. The molecule has 2 nitrogen and oxygen atoms in total. The molecular formula is C25H38N2. The molecule has 2 heteroatoms. The Kier molecular flexibility index (Phi) is 8.18. The molecule has 0 unspecified atom stereocenters. The van der Waals surface area contributed by atoms with E-state index in [1.165, 1.54) is 95.6 Å². The highest BCUT2D eigenvalue weighted by molar-refractivity contribution is 5.27. The van der Waals surface area contributed by atoms with Crippen LogP contribution in [-0.2, 0) is 0 Å². The molecule has 0 atom stereocenters. The van der Waals surface area contributed by atoms with Gasteiger partial charge >= 0.3 is 0 Å². The van der Waals surface area contributed by atoms with Crippen LogP contribution in [0.5, 0.6) is 0 Å². The van der Waals surface area contributed by atoms with Gasteiger partial charge in [0, 0.05) is 17.8 Å². The van der Waals surface area contributed by atoms with E-state index >= 15 is 0 Å². The molecule has 0 saturated heterocycles. The highest BCUT2D eigenvalue weighted by Gasteiger charge is 2.31. The lowest BCUT2D eigenvalue weighted by atomic mass is 9.68. The zero-order valence-corrected chi connectivity index (χ0v) is 17.3. The van der Waals surface area contributed by atoms with Gasteiger partial charge in [0.2, 0.25) is 0 Å². The zero-order valence-electron chi connectivity index (χ0n) is 17.3. The standard InChI is InChI=1S/C25H38N2/c1-2-3-4-5-6-7-20-8-11-22(12-9-20)23-13-15-24(16-14-23)25-17-10-21(18-26)19-27-25/h10,17,19-20,22-24H,2-9,11-16H2,1H3. The first-order valence-corrected chi connectivity index (χ1v) is 11.7. The first-order valence-electron chi connectivity index (χ1n) is 11.7. The van der Waals surface area contributed by atoms with Gasteiger partial charge < -0.3 is 0 Å². The van der Waals surface area contributed by atoms with Crippen LogP contribution in [0.4, 0.5) is 0 Å². The summed E-state index contributed by atoms with van der Waals surface area (Å²) >= 11 is 0. The Morgan fingerprint density at radius 3 is 2.15 bits per heavy atom. The first-order chi connectivity index (χ1) is 13.3. The third-order valence-corrected chi connectivity index (χ3v) is 7.38. The molecule has 0 aromatic carbocycles. The molecular weight excluding hydrogens is 328 g/mol. The molecule has 2 aliphatic rings. The van der Waals surface area contributed by atoms with Crippen LogP contribution in [0.2, 0.25) is 0 Å². The minimum absolute atomic E-state index is 0.619. The fourth-order valence-electron chi connectivity index (χ4n) is 5.58. The highest BCUT2D eigenvalue weighted by atomic mass is 14.7. The van der Waals surface area contributed by atoms with Crippen molar-refractivity contribution in [2.75, 3.05) is 0 Å². The van der Waals surface area contributed by atoms with Crippen LogP contribution in [0.1, 0.15) is 114 Å². The quantitative estimate of drug-likeness (QED) is 0.449. The van der Waals surface area contributed by atoms with Crippen molar-refractivity contribution < 1.29 is 0 Å². The molecule has 1 aromatic heterocycles. The second-order valence-electron chi connectivity index (χ2n) is 9.18. The van der Waals surface area contributed by atoms with E-state index in [-0.39, 0.29) is 0 Å². The second-order valence-corrected chi connectivity index (χ2v) is 9.18. The summed E-state index contributed by atoms with van der Waals surface area (Å²) in [5.41, 5.74) is 1.88. The Labute approximate surface area is 166 Å². The molecule has 1 heterocycles. The van der Waals surface area contributed by atoms with Crippen molar-refractivity contribution in [3.8, 4) is 6.07 Å². The van der Waals surface area contributed by atoms with Crippen LogP contribution in [-0.4, -0.2) is 4.98 Å². The topological polar surface area (TPSA) is 36.7 Å². The predicted octanol–water partition coefficient (Wildman–Crippen LogP) is 7.39. The second kappa shape index (κ2) is 10.8. The predicted molar refractivity (Wildman–Crippen MR) is 112 cm³/mol. The van der Waals surface area contributed by atoms with E-state index in [1.807, 2.05) is 6.07 Å². The number of pyridine rings is 1. The minimum atomic E-state index is 0.619. The number of aromatic nitrogens is 1. The van der Waals surface area contributed by atoms with E-state index in [4.69, 9.17) is 5.26 Å². The molecule has 0 N–H and O–H groups in total. The lowest BCUT2D eigenvalue weighted by molar-refractivity contribution is 0.155. The third kappa shape index (κ3) is 6.06. The summed E-state index contributed by atoms with van der Waals surface area (Å²) < 4.78 is 0. The monoisotopic (exact) mass is 366 g/mol. The van der Waals surface area contributed by atoms with Crippen LogP contribution < -0.4 is 0 Å². The summed E-state index contributed by atoms with van der Waals surface area (Å²) in [7, 11) is 0. The van der Waals surface area contributed by atoms with Gasteiger partial charge in [-0.15, -0.1) is 0 Å². The smallest absolute Gasteiger partial charge is 0.101 e. The summed E-state index contributed by atoms with van der Waals surface area (Å²) in [6.07, 6.45) is 21.7. The molecule has 148 valence electrons. The van der Waals surface area contributed by atoms with Crippen molar-refractivity contribution in [2.45, 2.75) is 103 Å². The van der Waals surface area contributed by atoms with Crippen LogP contribution in [0.3, 0.4) is 0 Å². The Balaban J connectivity index is 1.35. The van der Waals surface area contributed by atoms with E-state index in [1.54, 1.807) is 6.20 Å². The number of nitriles is 1. The van der Waals surface area contributed by atoms with Gasteiger partial charge in [-0.2, -0.15) is 5.26 Å². The Bertz CT molecular complexity index is 569. The summed E-state index contributed by atoms with van der Waals surface area (Å²) in [4.78, 5) is 4.55. The van der Waals surface area contributed by atoms with E-state index in [9.17, 15) is 0 Å². The highest BCUT2D eigenvalue weighted by Crippen LogP contribution is 2.44. The molecule has 0 spiro atoms. The molecule has 2 fully saturated rings. The maximum Gasteiger partial charge on any atom is 0.101 e. The molecule has 3 rings (SSSR count). The molecule has 0 amide bonds. The Morgan fingerprint density at radius 2 is 1.56 bits per heavy atom. The number of hydrogen-bond acceptors (Lipinski definition) is 2. The summed E-state index contributed by atoms with van der Waals surface area (Å²) in [5, 5.41) is 8.93. The first kappa shape index (κ1) is 20.4. The van der Waals surface area contributed by atoms with Crippen molar-refractivity contribution >= 4 is 0 Å². The molecule has 0 bridgehead atoms. The van der Waals surface area contributed by atoms with Gasteiger partial charge in [0.05, 0.1) is 5.56 Å². The molecule has 27 heavy (non-hydrogen) atoms. The molecule has 0 radical (unpaired) electrons. The van der Waals surface area contributed by atoms with Crippen molar-refractivity contribution in [3.63, 3.8) is 0 Å². The lowest BCUT2D eigenvalue weighted by Gasteiger charge is -2.37. The maximum atomic E-state index is 8.93. The maximum absolute atomic E-state index is 8.93.